The van der Waals surface area contributed by atoms with Crippen molar-refractivity contribution in [2.24, 2.45) is 5.41 Å². The summed E-state index contributed by atoms with van der Waals surface area (Å²) < 4.78 is 7.44. The number of carbonyl (C=O) groups is 1. The van der Waals surface area contributed by atoms with Crippen molar-refractivity contribution in [3.63, 3.8) is 0 Å². The van der Waals surface area contributed by atoms with Gasteiger partial charge in [0.2, 0.25) is 5.95 Å². The van der Waals surface area contributed by atoms with E-state index in [-0.39, 0.29) is 17.2 Å². The zero-order valence-corrected chi connectivity index (χ0v) is 17.9. The van der Waals surface area contributed by atoms with Crippen molar-refractivity contribution in [3.05, 3.63) is 65.6 Å². The van der Waals surface area contributed by atoms with Gasteiger partial charge in [0.05, 0.1) is 6.61 Å². The van der Waals surface area contributed by atoms with Gasteiger partial charge in [-0.25, -0.2) is 4.68 Å². The molecule has 158 valence electrons. The molecule has 1 atom stereocenters. The number of fused-ring (bicyclic) bond motifs is 1. The first-order chi connectivity index (χ1) is 14.9. The predicted molar refractivity (Wildman–Crippen MR) is 118 cm³/mol. The second-order valence-electron chi connectivity index (χ2n) is 8.80. The van der Waals surface area contributed by atoms with E-state index >= 15 is 0 Å². The van der Waals surface area contributed by atoms with Gasteiger partial charge < -0.3 is 10.1 Å². The van der Waals surface area contributed by atoms with E-state index in [0.29, 0.717) is 24.8 Å². The fraction of sp³-hybridized carbons (Fsp3) is 0.333. The molecule has 0 amide bonds. The summed E-state index contributed by atoms with van der Waals surface area (Å²) in [7, 11) is 0. The molecule has 31 heavy (non-hydrogen) atoms. The summed E-state index contributed by atoms with van der Waals surface area (Å²) >= 11 is 0. The van der Waals surface area contributed by atoms with Crippen LogP contribution in [0.4, 0.5) is 5.95 Å². The van der Waals surface area contributed by atoms with Crippen molar-refractivity contribution in [1.29, 1.82) is 0 Å². The van der Waals surface area contributed by atoms with Crippen LogP contribution in [0, 0.1) is 5.41 Å². The minimum atomic E-state index is -0.325. The number of nitrogens with zero attached hydrogens (tertiary/aromatic N) is 4. The molecular weight excluding hydrogens is 390 g/mol. The number of hydrogen-bond acceptors (Lipinski definition) is 6. The molecule has 1 N–H and O–H groups in total. The van der Waals surface area contributed by atoms with Gasteiger partial charge in [0, 0.05) is 35.6 Å². The van der Waals surface area contributed by atoms with Gasteiger partial charge in [0.1, 0.15) is 11.8 Å². The van der Waals surface area contributed by atoms with E-state index in [9.17, 15) is 4.79 Å². The van der Waals surface area contributed by atoms with Crippen molar-refractivity contribution in [2.75, 3.05) is 11.9 Å². The van der Waals surface area contributed by atoms with Gasteiger partial charge in [-0.1, -0.05) is 26.0 Å². The number of carbonyl (C=O) groups excluding carboxylic acids is 1. The monoisotopic (exact) mass is 415 g/mol. The molecule has 3 heterocycles. The lowest BCUT2D eigenvalue weighted by atomic mass is 9.73. The average Bonchev–Trinajstić information content (AvgIpc) is 3.17. The molecule has 0 bridgehead atoms. The lowest BCUT2D eigenvalue weighted by Crippen LogP contribution is -2.36. The van der Waals surface area contributed by atoms with Crippen molar-refractivity contribution in [2.45, 2.75) is 39.7 Å². The summed E-state index contributed by atoms with van der Waals surface area (Å²) in [4.78, 5) is 22.1. The maximum absolute atomic E-state index is 13.3. The van der Waals surface area contributed by atoms with Crippen molar-refractivity contribution in [3.8, 4) is 17.1 Å². The SMILES string of the molecule is CCOc1ccc(C2C3=C(CC(C)(C)CC3=O)Nc3nc(-c4ccncc4)nn32)cc1. The maximum Gasteiger partial charge on any atom is 0.226 e. The van der Waals surface area contributed by atoms with Gasteiger partial charge in [-0.3, -0.25) is 9.78 Å². The largest absolute Gasteiger partial charge is 0.494 e. The molecule has 1 unspecified atom stereocenters. The lowest BCUT2D eigenvalue weighted by Gasteiger charge is -2.38. The van der Waals surface area contributed by atoms with Crippen LogP contribution in [0.5, 0.6) is 5.75 Å². The first-order valence-corrected chi connectivity index (χ1v) is 10.6. The molecule has 7 nitrogen and oxygen atoms in total. The van der Waals surface area contributed by atoms with Crippen molar-refractivity contribution < 1.29 is 9.53 Å². The fourth-order valence-corrected chi connectivity index (χ4v) is 4.45. The Morgan fingerprint density at radius 2 is 1.87 bits per heavy atom. The molecule has 1 aliphatic heterocycles. The van der Waals surface area contributed by atoms with Crippen LogP contribution < -0.4 is 10.1 Å². The molecule has 5 rings (SSSR count). The molecule has 0 radical (unpaired) electrons. The molecule has 2 aliphatic rings. The standard InChI is InChI=1S/C24H25N5O2/c1-4-31-17-7-5-15(6-8-17)21-20-18(13-24(2,3)14-19(20)30)26-23-27-22(28-29(21)23)16-9-11-25-12-10-16/h5-12,21H,4,13-14H2,1-3H3,(H,26,27,28). The van der Waals surface area contributed by atoms with Gasteiger partial charge in [-0.15, -0.1) is 5.10 Å². The summed E-state index contributed by atoms with van der Waals surface area (Å²) in [5, 5.41) is 8.21. The Kier molecular flexibility index (Phi) is 4.61. The van der Waals surface area contributed by atoms with E-state index in [1.807, 2.05) is 48.0 Å². The first kappa shape index (κ1) is 19.5. The van der Waals surface area contributed by atoms with Gasteiger partial charge in [0.25, 0.3) is 0 Å². The average molecular weight is 415 g/mol. The van der Waals surface area contributed by atoms with Crippen LogP contribution in [0.25, 0.3) is 11.4 Å². The number of aromatic nitrogens is 4. The zero-order chi connectivity index (χ0) is 21.6. The van der Waals surface area contributed by atoms with E-state index in [1.54, 1.807) is 12.4 Å². The molecule has 1 aromatic carbocycles. The number of hydrogen-bond donors (Lipinski definition) is 1. The van der Waals surface area contributed by atoms with Crippen LogP contribution >= 0.6 is 0 Å². The second-order valence-corrected chi connectivity index (χ2v) is 8.80. The fourth-order valence-electron chi connectivity index (χ4n) is 4.45. The number of nitrogens with one attached hydrogen (secondary N) is 1. The van der Waals surface area contributed by atoms with E-state index in [2.05, 4.69) is 24.1 Å². The Morgan fingerprint density at radius 1 is 1.13 bits per heavy atom. The number of pyridine rings is 1. The number of ketones is 1. The summed E-state index contributed by atoms with van der Waals surface area (Å²) in [6.07, 6.45) is 4.76. The summed E-state index contributed by atoms with van der Waals surface area (Å²) in [5.74, 6) is 2.22. The number of rotatable bonds is 4. The predicted octanol–water partition coefficient (Wildman–Crippen LogP) is 4.40. The highest BCUT2D eigenvalue weighted by Gasteiger charge is 2.41. The third-order valence-corrected chi connectivity index (χ3v) is 5.78. The topological polar surface area (TPSA) is 81.9 Å². The summed E-state index contributed by atoms with van der Waals surface area (Å²) in [6, 6.07) is 11.3. The Morgan fingerprint density at radius 3 is 2.58 bits per heavy atom. The first-order valence-electron chi connectivity index (χ1n) is 10.6. The van der Waals surface area contributed by atoms with Crippen LogP contribution in [0.15, 0.2) is 60.1 Å². The number of ether oxygens (including phenoxy) is 1. The number of allylic oxidation sites excluding steroid dienone is 2. The third kappa shape index (κ3) is 3.50. The highest BCUT2D eigenvalue weighted by molar-refractivity contribution is 6.00. The van der Waals surface area contributed by atoms with Crippen LogP contribution in [0.2, 0.25) is 0 Å². The lowest BCUT2D eigenvalue weighted by molar-refractivity contribution is -0.118. The number of anilines is 1. The zero-order valence-electron chi connectivity index (χ0n) is 17.9. The van der Waals surface area contributed by atoms with Crippen LogP contribution in [-0.2, 0) is 4.79 Å². The van der Waals surface area contributed by atoms with Crippen molar-refractivity contribution in [1.82, 2.24) is 19.7 Å². The van der Waals surface area contributed by atoms with Gasteiger partial charge in [0.15, 0.2) is 11.6 Å². The van der Waals surface area contributed by atoms with Crippen LogP contribution in [-0.4, -0.2) is 32.1 Å². The van der Waals surface area contributed by atoms with Crippen LogP contribution in [0.3, 0.4) is 0 Å². The summed E-state index contributed by atoms with van der Waals surface area (Å²) in [6.45, 7) is 6.83. The van der Waals surface area contributed by atoms with Gasteiger partial charge in [-0.2, -0.15) is 4.98 Å². The van der Waals surface area contributed by atoms with E-state index < -0.39 is 0 Å². The minimum Gasteiger partial charge on any atom is -0.494 e. The van der Waals surface area contributed by atoms with Crippen LogP contribution in [0.1, 0.15) is 45.2 Å². The molecule has 1 aliphatic carbocycles. The quantitative estimate of drug-likeness (QED) is 0.680. The minimum absolute atomic E-state index is 0.0948. The Hall–Kier alpha value is -3.48. The number of benzene rings is 1. The molecule has 0 fully saturated rings. The maximum atomic E-state index is 13.3. The van der Waals surface area contributed by atoms with Crippen molar-refractivity contribution >= 4 is 11.7 Å². The van der Waals surface area contributed by atoms with Gasteiger partial charge in [-0.05, 0) is 48.6 Å². The van der Waals surface area contributed by atoms with E-state index in [0.717, 1.165) is 34.6 Å². The molecule has 7 heteroatoms. The van der Waals surface area contributed by atoms with E-state index in [4.69, 9.17) is 14.8 Å². The highest BCUT2D eigenvalue weighted by Crippen LogP contribution is 2.45. The molecule has 2 aromatic heterocycles. The van der Waals surface area contributed by atoms with Gasteiger partial charge >= 0.3 is 0 Å². The smallest absolute Gasteiger partial charge is 0.226 e. The van der Waals surface area contributed by atoms with E-state index in [1.165, 1.54) is 0 Å². The highest BCUT2D eigenvalue weighted by atomic mass is 16.5. The number of Topliss-reactive ketones (excluding diaryl/α,β-unsaturated/α-hetero) is 1. The molecule has 3 aromatic rings. The molecule has 0 spiro atoms. The summed E-state index contributed by atoms with van der Waals surface area (Å²) in [5.41, 5.74) is 3.50. The molecule has 0 saturated carbocycles. The second kappa shape index (κ2) is 7.34. The Labute approximate surface area is 181 Å². The normalized spacial score (nSPS) is 19.5. The molecular formula is C24H25N5O2. The Bertz CT molecular complexity index is 1160. The third-order valence-electron chi connectivity index (χ3n) is 5.78. The Balaban J connectivity index is 1.64. The molecule has 0 saturated heterocycles.